The van der Waals surface area contributed by atoms with E-state index in [-0.39, 0.29) is 59.1 Å². The summed E-state index contributed by atoms with van der Waals surface area (Å²) in [5.74, 6) is -0.886. The van der Waals surface area contributed by atoms with Gasteiger partial charge in [0.1, 0.15) is 27.1 Å². The number of fused-ring (bicyclic) bond motifs is 4. The lowest BCUT2D eigenvalue weighted by Crippen LogP contribution is -2.36. The Morgan fingerprint density at radius 1 is 0.915 bits per heavy atom. The maximum atomic E-state index is 13.5. The Morgan fingerprint density at radius 3 is 2.32 bits per heavy atom. The summed E-state index contributed by atoms with van der Waals surface area (Å²) < 4.78 is 0. The molecule has 246 valence electrons. The van der Waals surface area contributed by atoms with Gasteiger partial charge >= 0.3 is 0 Å². The van der Waals surface area contributed by atoms with Gasteiger partial charge in [-0.05, 0) is 37.2 Å². The minimum Gasteiger partial charge on any atom is -0.351 e. The molecule has 0 aliphatic carbocycles. The molecule has 12 nitrogen and oxygen atoms in total. The SMILES string of the molecule is CC(C)C[C@@H]1NC(=O)CCCN(C(=O)c2cnccn2)CCCNC(=O)c2csc(n2)[C@H](Cc2ccccc2)NC(=O)c2csc1n2. The molecule has 1 aliphatic rings. The largest absolute Gasteiger partial charge is 0.351 e. The van der Waals surface area contributed by atoms with Gasteiger partial charge in [0.2, 0.25) is 5.91 Å². The molecule has 0 unspecified atom stereocenters. The number of nitrogens with one attached hydrogen (secondary N) is 3. The number of amides is 4. The van der Waals surface area contributed by atoms with Crippen LogP contribution >= 0.6 is 22.7 Å². The lowest BCUT2D eigenvalue weighted by Gasteiger charge is -2.23. The van der Waals surface area contributed by atoms with Crippen LogP contribution in [0, 0.1) is 5.92 Å². The lowest BCUT2D eigenvalue weighted by molar-refractivity contribution is -0.122. The van der Waals surface area contributed by atoms with Crippen LogP contribution in [0.4, 0.5) is 0 Å². The average molecular weight is 675 g/mol. The Morgan fingerprint density at radius 2 is 1.62 bits per heavy atom. The molecule has 2 atom stereocenters. The van der Waals surface area contributed by atoms with Crippen molar-refractivity contribution < 1.29 is 19.2 Å². The van der Waals surface area contributed by atoms with E-state index in [9.17, 15) is 19.2 Å². The maximum Gasteiger partial charge on any atom is 0.274 e. The highest BCUT2D eigenvalue weighted by molar-refractivity contribution is 7.10. The Balaban J connectivity index is 1.41. The molecule has 1 aliphatic heterocycles. The van der Waals surface area contributed by atoms with Crippen molar-refractivity contribution in [1.29, 1.82) is 0 Å². The molecule has 3 aromatic heterocycles. The molecular formula is C33H38N8O4S2. The summed E-state index contributed by atoms with van der Waals surface area (Å²) >= 11 is 2.64. The summed E-state index contributed by atoms with van der Waals surface area (Å²) in [6, 6.07) is 8.89. The summed E-state index contributed by atoms with van der Waals surface area (Å²) in [7, 11) is 0. The fraction of sp³-hybridized carbons (Fsp3) is 0.394. The number of carbonyl (C=O) groups is 4. The first-order chi connectivity index (χ1) is 22.8. The molecule has 5 rings (SSSR count). The van der Waals surface area contributed by atoms with Gasteiger partial charge in [0, 0.05) is 49.2 Å². The van der Waals surface area contributed by atoms with E-state index in [4.69, 9.17) is 0 Å². The van der Waals surface area contributed by atoms with Crippen LogP contribution in [0.1, 0.15) is 98.7 Å². The molecule has 14 heteroatoms. The van der Waals surface area contributed by atoms with Gasteiger partial charge in [0.05, 0.1) is 18.3 Å². The molecule has 4 bridgehead atoms. The predicted octanol–water partition coefficient (Wildman–Crippen LogP) is 4.36. The van der Waals surface area contributed by atoms with E-state index in [0.29, 0.717) is 55.3 Å². The van der Waals surface area contributed by atoms with Crippen LogP contribution in [0.25, 0.3) is 0 Å². The third kappa shape index (κ3) is 9.48. The second-order valence-corrected chi connectivity index (χ2v) is 13.5. The van der Waals surface area contributed by atoms with Crippen molar-refractivity contribution in [2.45, 2.75) is 58.0 Å². The van der Waals surface area contributed by atoms with Gasteiger partial charge in [-0.1, -0.05) is 44.2 Å². The highest BCUT2D eigenvalue weighted by Gasteiger charge is 2.26. The second kappa shape index (κ2) is 16.3. The van der Waals surface area contributed by atoms with Crippen molar-refractivity contribution in [3.05, 3.63) is 92.3 Å². The highest BCUT2D eigenvalue weighted by atomic mass is 32.1. The maximum absolute atomic E-state index is 13.5. The molecule has 1 aromatic carbocycles. The van der Waals surface area contributed by atoms with Crippen LogP contribution in [0.5, 0.6) is 0 Å². The molecule has 47 heavy (non-hydrogen) atoms. The molecular weight excluding hydrogens is 637 g/mol. The van der Waals surface area contributed by atoms with Gasteiger partial charge in [0.15, 0.2) is 0 Å². The van der Waals surface area contributed by atoms with E-state index in [1.807, 2.05) is 30.3 Å². The van der Waals surface area contributed by atoms with E-state index < -0.39 is 6.04 Å². The molecule has 4 heterocycles. The quantitative estimate of drug-likeness (QED) is 0.282. The normalized spacial score (nSPS) is 18.5. The van der Waals surface area contributed by atoms with E-state index in [2.05, 4.69) is 49.7 Å². The van der Waals surface area contributed by atoms with Crippen LogP contribution in [0.2, 0.25) is 0 Å². The van der Waals surface area contributed by atoms with Crippen molar-refractivity contribution in [3.8, 4) is 0 Å². The molecule has 3 N–H and O–H groups in total. The number of thiazole rings is 2. The van der Waals surface area contributed by atoms with E-state index in [1.54, 1.807) is 15.7 Å². The minimum atomic E-state index is -0.498. The number of carbonyl (C=O) groups excluding carboxylic acids is 4. The van der Waals surface area contributed by atoms with E-state index in [1.165, 1.54) is 41.3 Å². The molecule has 0 saturated heterocycles. The Hall–Kier alpha value is -4.56. The number of aromatic nitrogens is 4. The highest BCUT2D eigenvalue weighted by Crippen LogP contribution is 2.27. The number of nitrogens with zero attached hydrogens (tertiary/aromatic N) is 5. The van der Waals surface area contributed by atoms with Crippen molar-refractivity contribution in [2.24, 2.45) is 5.92 Å². The zero-order valence-electron chi connectivity index (χ0n) is 26.3. The van der Waals surface area contributed by atoms with Crippen LogP contribution in [-0.2, 0) is 11.2 Å². The zero-order valence-corrected chi connectivity index (χ0v) is 28.0. The minimum absolute atomic E-state index is 0.163. The smallest absolute Gasteiger partial charge is 0.274 e. The fourth-order valence-corrected chi connectivity index (χ4v) is 6.94. The Bertz CT molecular complexity index is 1660. The molecule has 0 spiro atoms. The molecule has 0 saturated carbocycles. The Kier molecular flexibility index (Phi) is 11.7. The molecule has 4 amide bonds. The first kappa shape index (κ1) is 33.8. The van der Waals surface area contributed by atoms with Crippen LogP contribution in [0.3, 0.4) is 0 Å². The first-order valence-corrected chi connectivity index (χ1v) is 17.4. The van der Waals surface area contributed by atoms with Gasteiger partial charge in [-0.3, -0.25) is 24.2 Å². The van der Waals surface area contributed by atoms with Crippen molar-refractivity contribution >= 4 is 46.3 Å². The summed E-state index contributed by atoms with van der Waals surface area (Å²) in [6.07, 6.45) is 6.61. The monoisotopic (exact) mass is 674 g/mol. The summed E-state index contributed by atoms with van der Waals surface area (Å²) in [6.45, 7) is 5.12. The average Bonchev–Trinajstić information content (AvgIpc) is 3.77. The van der Waals surface area contributed by atoms with E-state index in [0.717, 1.165) is 5.56 Å². The summed E-state index contributed by atoms with van der Waals surface area (Å²) in [5, 5.41) is 13.7. The van der Waals surface area contributed by atoms with Gasteiger partial charge in [-0.25, -0.2) is 15.0 Å². The number of hydrogen-bond acceptors (Lipinski definition) is 10. The van der Waals surface area contributed by atoms with E-state index >= 15 is 0 Å². The first-order valence-electron chi connectivity index (χ1n) is 15.6. The third-order valence-corrected chi connectivity index (χ3v) is 9.44. The standard InChI is InChI=1S/C33H38N8O4S2/c1-21(2)16-23-31-40-27(20-47-31)30(44)38-24(17-22-8-4-3-5-9-22)32-39-26(19-46-32)29(43)36-11-7-15-41(14-6-10-28(42)37-23)33(45)25-18-34-12-13-35-25/h3-5,8-9,12-13,18-21,23-24H,6-7,10-11,14-17H2,1-2H3,(H,36,43)(H,37,42)(H,38,44)/t23-,24-/m0/s1. The van der Waals surface area contributed by atoms with Crippen LogP contribution < -0.4 is 16.0 Å². The van der Waals surface area contributed by atoms with Crippen LogP contribution in [-0.4, -0.2) is 68.1 Å². The topological polar surface area (TPSA) is 159 Å². The van der Waals surface area contributed by atoms with Gasteiger partial charge in [-0.2, -0.15) is 0 Å². The number of rotatable bonds is 5. The number of hydrogen-bond donors (Lipinski definition) is 3. The molecule has 0 fully saturated rings. The van der Waals surface area contributed by atoms with Gasteiger partial charge in [0.25, 0.3) is 17.7 Å². The summed E-state index contributed by atoms with van der Waals surface area (Å²) in [5.41, 5.74) is 1.73. The van der Waals surface area contributed by atoms with Gasteiger partial charge < -0.3 is 20.9 Å². The van der Waals surface area contributed by atoms with Crippen molar-refractivity contribution in [3.63, 3.8) is 0 Å². The van der Waals surface area contributed by atoms with Crippen molar-refractivity contribution in [2.75, 3.05) is 19.6 Å². The van der Waals surface area contributed by atoms with Gasteiger partial charge in [-0.15, -0.1) is 22.7 Å². The second-order valence-electron chi connectivity index (χ2n) is 11.7. The lowest BCUT2D eigenvalue weighted by atomic mass is 10.0. The zero-order chi connectivity index (χ0) is 33.2. The van der Waals surface area contributed by atoms with Crippen molar-refractivity contribution in [1.82, 2.24) is 40.8 Å². The fourth-order valence-electron chi connectivity index (χ4n) is 5.22. The van der Waals surface area contributed by atoms with Crippen LogP contribution in [0.15, 0.2) is 59.7 Å². The third-order valence-electron chi connectivity index (χ3n) is 7.53. The molecule has 0 radical (unpaired) electrons. The summed E-state index contributed by atoms with van der Waals surface area (Å²) in [4.78, 5) is 72.0. The Labute approximate surface area is 281 Å². The predicted molar refractivity (Wildman–Crippen MR) is 179 cm³/mol. The number of benzene rings is 1. The molecule has 4 aromatic rings.